The van der Waals surface area contributed by atoms with Crippen molar-refractivity contribution in [3.8, 4) is 0 Å². The maximum absolute atomic E-state index is 6.03. The predicted octanol–water partition coefficient (Wildman–Crippen LogP) is 1.99. The Balaban J connectivity index is 1.95. The second kappa shape index (κ2) is 3.34. The summed E-state index contributed by atoms with van der Waals surface area (Å²) in [5.41, 5.74) is 7.35. The van der Waals surface area contributed by atoms with E-state index in [-0.39, 0.29) is 6.04 Å². The van der Waals surface area contributed by atoms with E-state index in [2.05, 4.69) is 17.7 Å². The van der Waals surface area contributed by atoms with Gasteiger partial charge in [-0.05, 0) is 32.6 Å². The molecule has 2 heterocycles. The number of hydrogen-bond acceptors (Lipinski definition) is 2. The van der Waals surface area contributed by atoms with Crippen LogP contribution < -0.4 is 5.73 Å². The molecule has 3 heteroatoms. The van der Waals surface area contributed by atoms with Gasteiger partial charge in [0.25, 0.3) is 0 Å². The SMILES string of the molecule is CC(N)C1CCCc2nc(C3CC3)cn21. The van der Waals surface area contributed by atoms with Gasteiger partial charge in [-0.25, -0.2) is 4.98 Å². The Bertz CT molecular complexity index is 363. The van der Waals surface area contributed by atoms with Gasteiger partial charge >= 0.3 is 0 Å². The molecular formula is C12H19N3. The lowest BCUT2D eigenvalue weighted by Crippen LogP contribution is -2.32. The summed E-state index contributed by atoms with van der Waals surface area (Å²) >= 11 is 0. The largest absolute Gasteiger partial charge is 0.330 e. The number of fused-ring (bicyclic) bond motifs is 1. The second-order valence-corrected chi connectivity index (χ2v) is 5.08. The number of aromatic nitrogens is 2. The fraction of sp³-hybridized carbons (Fsp3) is 0.750. The quantitative estimate of drug-likeness (QED) is 0.802. The lowest BCUT2D eigenvalue weighted by atomic mass is 9.99. The van der Waals surface area contributed by atoms with E-state index in [0.717, 1.165) is 12.3 Å². The lowest BCUT2D eigenvalue weighted by molar-refractivity contribution is 0.350. The Hall–Kier alpha value is -0.830. The van der Waals surface area contributed by atoms with E-state index in [1.807, 2.05) is 0 Å². The van der Waals surface area contributed by atoms with Crippen molar-refractivity contribution in [2.24, 2.45) is 5.73 Å². The maximum atomic E-state index is 6.03. The van der Waals surface area contributed by atoms with Crippen LogP contribution in [0.25, 0.3) is 0 Å². The Labute approximate surface area is 90.7 Å². The second-order valence-electron chi connectivity index (χ2n) is 5.08. The van der Waals surface area contributed by atoms with Gasteiger partial charge in [-0.3, -0.25) is 0 Å². The summed E-state index contributed by atoms with van der Waals surface area (Å²) in [6, 6.07) is 0.721. The zero-order valence-corrected chi connectivity index (χ0v) is 9.32. The fourth-order valence-corrected chi connectivity index (χ4v) is 2.63. The highest BCUT2D eigenvalue weighted by atomic mass is 15.1. The van der Waals surface area contributed by atoms with E-state index in [9.17, 15) is 0 Å². The van der Waals surface area contributed by atoms with Crippen molar-refractivity contribution in [1.29, 1.82) is 0 Å². The highest BCUT2D eigenvalue weighted by Crippen LogP contribution is 2.40. The first-order chi connectivity index (χ1) is 7.25. The van der Waals surface area contributed by atoms with Crippen molar-refractivity contribution in [3.63, 3.8) is 0 Å². The Kier molecular flexibility index (Phi) is 2.09. The molecule has 82 valence electrons. The molecule has 0 saturated heterocycles. The molecule has 1 saturated carbocycles. The minimum atomic E-state index is 0.241. The van der Waals surface area contributed by atoms with E-state index < -0.39 is 0 Å². The van der Waals surface area contributed by atoms with E-state index in [1.165, 1.54) is 37.2 Å². The molecule has 1 aliphatic heterocycles. The molecule has 1 fully saturated rings. The first-order valence-electron chi connectivity index (χ1n) is 6.09. The summed E-state index contributed by atoms with van der Waals surface area (Å²) < 4.78 is 2.35. The molecular weight excluding hydrogens is 186 g/mol. The van der Waals surface area contributed by atoms with Gasteiger partial charge in [-0.1, -0.05) is 0 Å². The van der Waals surface area contributed by atoms with E-state index in [1.54, 1.807) is 0 Å². The predicted molar refractivity (Wildman–Crippen MR) is 59.8 cm³/mol. The molecule has 0 aromatic carbocycles. The van der Waals surface area contributed by atoms with E-state index in [4.69, 9.17) is 10.7 Å². The first-order valence-corrected chi connectivity index (χ1v) is 6.09. The van der Waals surface area contributed by atoms with Gasteiger partial charge in [0.2, 0.25) is 0 Å². The molecule has 2 aliphatic rings. The van der Waals surface area contributed by atoms with Gasteiger partial charge in [0.05, 0.1) is 5.69 Å². The van der Waals surface area contributed by atoms with Gasteiger partial charge in [-0.2, -0.15) is 0 Å². The number of nitrogens with two attached hydrogens (primary N) is 1. The number of imidazole rings is 1. The van der Waals surface area contributed by atoms with E-state index in [0.29, 0.717) is 6.04 Å². The summed E-state index contributed by atoms with van der Waals surface area (Å²) in [6.07, 6.45) is 8.52. The zero-order chi connectivity index (χ0) is 10.4. The fourth-order valence-electron chi connectivity index (χ4n) is 2.63. The number of aryl methyl sites for hydroxylation is 1. The van der Waals surface area contributed by atoms with Crippen LogP contribution in [0.1, 0.15) is 56.1 Å². The molecule has 0 radical (unpaired) electrons. The molecule has 0 amide bonds. The van der Waals surface area contributed by atoms with Crippen LogP contribution in [0, 0.1) is 0 Å². The average Bonchev–Trinajstić information content (AvgIpc) is 2.96. The molecule has 3 nitrogen and oxygen atoms in total. The van der Waals surface area contributed by atoms with Crippen molar-refractivity contribution in [2.75, 3.05) is 0 Å². The first kappa shape index (κ1) is 9.40. The molecule has 2 unspecified atom stereocenters. The smallest absolute Gasteiger partial charge is 0.109 e. The molecule has 2 atom stereocenters. The normalized spacial score (nSPS) is 27.5. The van der Waals surface area contributed by atoms with Crippen LogP contribution in [-0.4, -0.2) is 15.6 Å². The number of rotatable bonds is 2. The van der Waals surface area contributed by atoms with Gasteiger partial charge in [0.1, 0.15) is 5.82 Å². The van der Waals surface area contributed by atoms with E-state index >= 15 is 0 Å². The zero-order valence-electron chi connectivity index (χ0n) is 9.32. The van der Waals surface area contributed by atoms with Crippen LogP contribution in [0.2, 0.25) is 0 Å². The molecule has 3 rings (SSSR count). The molecule has 0 bridgehead atoms. The van der Waals surface area contributed by atoms with Crippen LogP contribution in [0.15, 0.2) is 6.20 Å². The third kappa shape index (κ3) is 1.59. The van der Waals surface area contributed by atoms with Gasteiger partial charge in [0, 0.05) is 30.6 Å². The van der Waals surface area contributed by atoms with Crippen molar-refractivity contribution in [1.82, 2.24) is 9.55 Å². The average molecular weight is 205 g/mol. The Morgan fingerprint density at radius 2 is 2.27 bits per heavy atom. The summed E-state index contributed by atoms with van der Waals surface area (Å²) in [7, 11) is 0. The monoisotopic (exact) mass is 205 g/mol. The maximum Gasteiger partial charge on any atom is 0.109 e. The molecule has 1 aromatic rings. The summed E-state index contributed by atoms with van der Waals surface area (Å²) in [5.74, 6) is 2.03. The minimum absolute atomic E-state index is 0.241. The Morgan fingerprint density at radius 1 is 1.47 bits per heavy atom. The van der Waals surface area contributed by atoms with Crippen molar-refractivity contribution in [2.45, 2.75) is 57.0 Å². The van der Waals surface area contributed by atoms with Crippen LogP contribution in [-0.2, 0) is 6.42 Å². The summed E-state index contributed by atoms with van der Waals surface area (Å²) in [4.78, 5) is 4.75. The highest BCUT2D eigenvalue weighted by molar-refractivity contribution is 5.17. The van der Waals surface area contributed by atoms with Gasteiger partial charge in [0.15, 0.2) is 0 Å². The van der Waals surface area contributed by atoms with Gasteiger partial charge in [-0.15, -0.1) is 0 Å². The molecule has 1 aliphatic carbocycles. The summed E-state index contributed by atoms with van der Waals surface area (Å²) in [5, 5.41) is 0. The number of nitrogens with zero attached hydrogens (tertiary/aromatic N) is 2. The summed E-state index contributed by atoms with van der Waals surface area (Å²) in [6.45, 7) is 2.11. The van der Waals surface area contributed by atoms with Crippen LogP contribution >= 0.6 is 0 Å². The third-order valence-corrected chi connectivity index (χ3v) is 3.69. The highest BCUT2D eigenvalue weighted by Gasteiger charge is 2.30. The lowest BCUT2D eigenvalue weighted by Gasteiger charge is -2.27. The van der Waals surface area contributed by atoms with Crippen LogP contribution in [0.5, 0.6) is 0 Å². The molecule has 15 heavy (non-hydrogen) atoms. The standard InChI is InChI=1S/C12H19N3/c1-8(13)11-3-2-4-12-14-10(7-15(11)12)9-5-6-9/h7-9,11H,2-6,13H2,1H3. The van der Waals surface area contributed by atoms with Gasteiger partial charge < -0.3 is 10.3 Å². The molecule has 1 aromatic heterocycles. The third-order valence-electron chi connectivity index (χ3n) is 3.69. The molecule has 0 spiro atoms. The van der Waals surface area contributed by atoms with Crippen LogP contribution in [0.4, 0.5) is 0 Å². The topological polar surface area (TPSA) is 43.8 Å². The molecule has 2 N–H and O–H groups in total. The number of hydrogen-bond donors (Lipinski definition) is 1. The van der Waals surface area contributed by atoms with Crippen molar-refractivity contribution >= 4 is 0 Å². The van der Waals surface area contributed by atoms with Crippen molar-refractivity contribution < 1.29 is 0 Å². The Morgan fingerprint density at radius 3 is 2.93 bits per heavy atom. The van der Waals surface area contributed by atoms with Crippen molar-refractivity contribution in [3.05, 3.63) is 17.7 Å². The minimum Gasteiger partial charge on any atom is -0.330 e. The van der Waals surface area contributed by atoms with Crippen LogP contribution in [0.3, 0.4) is 0 Å².